The molecule has 0 aliphatic rings. The van der Waals surface area contributed by atoms with Gasteiger partial charge in [0.05, 0.1) is 0 Å². The van der Waals surface area contributed by atoms with Crippen LogP contribution in [0, 0.1) is 0 Å². The lowest BCUT2D eigenvalue weighted by atomic mass is 10.0. The van der Waals surface area contributed by atoms with Gasteiger partial charge in [0.25, 0.3) is 0 Å². The van der Waals surface area contributed by atoms with E-state index in [0.29, 0.717) is 11.7 Å². The summed E-state index contributed by atoms with van der Waals surface area (Å²) in [5, 5.41) is 3.29. The highest BCUT2D eigenvalue weighted by Crippen LogP contribution is 2.17. The average molecular weight is 410 g/mol. The molecule has 3 rings (SSSR count). The first-order chi connectivity index (χ1) is 14.0. The Bertz CT molecular complexity index is 953. The number of anilines is 1. The zero-order valence-corrected chi connectivity index (χ0v) is 17.1. The first-order valence-corrected chi connectivity index (χ1v) is 9.66. The third kappa shape index (κ3) is 6.08. The molecule has 0 radical (unpaired) electrons. The molecule has 2 aromatic carbocycles. The van der Waals surface area contributed by atoms with Crippen LogP contribution < -0.4 is 20.9 Å². The number of thiocarbonyl (C=S) groups is 1. The minimum atomic E-state index is -0.435. The Kier molecular flexibility index (Phi) is 6.86. The number of benzene rings is 2. The Morgan fingerprint density at radius 1 is 1.00 bits per heavy atom. The van der Waals surface area contributed by atoms with Gasteiger partial charge < -0.3 is 14.5 Å². The van der Waals surface area contributed by atoms with Crippen LogP contribution in [0.5, 0.6) is 5.75 Å². The fourth-order valence-corrected chi connectivity index (χ4v) is 2.71. The molecule has 0 saturated carbocycles. The maximum Gasteiger partial charge on any atom is 0.305 e. The largest absolute Gasteiger partial charge is 0.486 e. The van der Waals surface area contributed by atoms with Crippen molar-refractivity contribution in [3.8, 4) is 5.75 Å². The van der Waals surface area contributed by atoms with Crippen molar-refractivity contribution in [2.75, 3.05) is 5.32 Å². The molecule has 1 heterocycles. The Morgan fingerprint density at radius 3 is 2.41 bits per heavy atom. The van der Waals surface area contributed by atoms with Gasteiger partial charge in [-0.3, -0.25) is 15.6 Å². The number of carbonyl (C=O) groups excluding carboxylic acids is 1. The van der Waals surface area contributed by atoms with E-state index in [1.807, 2.05) is 54.6 Å². The summed E-state index contributed by atoms with van der Waals surface area (Å²) in [5.74, 6) is 1.47. The predicted molar refractivity (Wildman–Crippen MR) is 117 cm³/mol. The first-order valence-electron chi connectivity index (χ1n) is 9.25. The molecule has 3 N–H and O–H groups in total. The number of carbonyl (C=O) groups is 1. The lowest BCUT2D eigenvalue weighted by Gasteiger charge is -2.12. The molecule has 29 heavy (non-hydrogen) atoms. The Morgan fingerprint density at radius 2 is 1.72 bits per heavy atom. The molecule has 150 valence electrons. The van der Waals surface area contributed by atoms with Crippen molar-refractivity contribution in [1.82, 2.24) is 10.9 Å². The lowest BCUT2D eigenvalue weighted by Crippen LogP contribution is -2.43. The third-order valence-corrected chi connectivity index (χ3v) is 4.34. The van der Waals surface area contributed by atoms with Crippen molar-refractivity contribution in [3.05, 3.63) is 83.8 Å². The van der Waals surface area contributed by atoms with Crippen molar-refractivity contribution >= 4 is 28.9 Å². The van der Waals surface area contributed by atoms with Crippen LogP contribution in [0.15, 0.2) is 71.1 Å². The van der Waals surface area contributed by atoms with E-state index in [1.54, 1.807) is 12.1 Å². The minimum absolute atomic E-state index is 0.160. The highest BCUT2D eigenvalue weighted by Gasteiger charge is 2.12. The van der Waals surface area contributed by atoms with E-state index < -0.39 is 5.91 Å². The standard InChI is InChI=1S/C22H23N3O3S/c1-15(2)16-8-10-17(11-9-16)23-22(29)25-24-21(26)20-13-12-19(28-20)14-27-18-6-4-3-5-7-18/h3-13,15H,14H2,1-2H3,(H,24,26)(H2,23,25,29). The maximum atomic E-state index is 12.2. The second-order valence-electron chi connectivity index (χ2n) is 6.68. The molecule has 3 aromatic rings. The van der Waals surface area contributed by atoms with E-state index >= 15 is 0 Å². The van der Waals surface area contributed by atoms with Crippen LogP contribution in [0.2, 0.25) is 0 Å². The second kappa shape index (κ2) is 9.75. The zero-order chi connectivity index (χ0) is 20.6. The van der Waals surface area contributed by atoms with Crippen molar-refractivity contribution in [2.24, 2.45) is 0 Å². The van der Waals surface area contributed by atoms with Gasteiger partial charge in [0.15, 0.2) is 10.9 Å². The van der Waals surface area contributed by atoms with Crippen LogP contribution in [0.1, 0.15) is 41.6 Å². The Labute approximate surface area is 175 Å². The zero-order valence-electron chi connectivity index (χ0n) is 16.3. The van der Waals surface area contributed by atoms with Crippen LogP contribution >= 0.6 is 12.2 Å². The summed E-state index contributed by atoms with van der Waals surface area (Å²) in [6.07, 6.45) is 0. The van der Waals surface area contributed by atoms with E-state index in [2.05, 4.69) is 30.0 Å². The number of hydrogen-bond acceptors (Lipinski definition) is 4. The van der Waals surface area contributed by atoms with Gasteiger partial charge in [-0.2, -0.15) is 0 Å². The van der Waals surface area contributed by atoms with Crippen LogP contribution in [0.25, 0.3) is 0 Å². The van der Waals surface area contributed by atoms with E-state index in [0.717, 1.165) is 11.4 Å². The molecular formula is C22H23N3O3S. The quantitative estimate of drug-likeness (QED) is 0.408. The van der Waals surface area contributed by atoms with Crippen molar-refractivity contribution in [1.29, 1.82) is 0 Å². The predicted octanol–water partition coefficient (Wildman–Crippen LogP) is 4.61. The number of amides is 1. The number of nitrogens with one attached hydrogen (secondary N) is 3. The molecule has 0 aliphatic carbocycles. The normalized spacial score (nSPS) is 10.4. The van der Waals surface area contributed by atoms with Gasteiger partial charge in [-0.05, 0) is 60.1 Å². The van der Waals surface area contributed by atoms with Gasteiger partial charge in [0.1, 0.15) is 18.1 Å². The molecule has 1 amide bonds. The van der Waals surface area contributed by atoms with E-state index in [-0.39, 0.29) is 17.5 Å². The molecule has 0 bridgehead atoms. The summed E-state index contributed by atoms with van der Waals surface area (Å²) in [6, 6.07) is 20.6. The van der Waals surface area contributed by atoms with E-state index in [1.165, 1.54) is 5.56 Å². The highest BCUT2D eigenvalue weighted by atomic mass is 32.1. The average Bonchev–Trinajstić information content (AvgIpc) is 3.21. The van der Waals surface area contributed by atoms with Crippen molar-refractivity contribution in [3.63, 3.8) is 0 Å². The van der Waals surface area contributed by atoms with Crippen LogP contribution in [-0.4, -0.2) is 11.0 Å². The van der Waals surface area contributed by atoms with Crippen LogP contribution in [-0.2, 0) is 6.61 Å². The molecule has 0 aliphatic heterocycles. The smallest absolute Gasteiger partial charge is 0.305 e. The van der Waals surface area contributed by atoms with Gasteiger partial charge in [-0.1, -0.05) is 44.2 Å². The summed E-state index contributed by atoms with van der Waals surface area (Å²) < 4.78 is 11.1. The molecule has 0 fully saturated rings. The molecule has 1 aromatic heterocycles. The monoisotopic (exact) mass is 409 g/mol. The van der Waals surface area contributed by atoms with E-state index in [4.69, 9.17) is 21.4 Å². The number of rotatable bonds is 6. The van der Waals surface area contributed by atoms with Crippen molar-refractivity contribution < 1.29 is 13.9 Å². The summed E-state index contributed by atoms with van der Waals surface area (Å²) in [4.78, 5) is 12.2. The Hall–Kier alpha value is -3.32. The van der Waals surface area contributed by atoms with Crippen LogP contribution in [0.4, 0.5) is 5.69 Å². The van der Waals surface area contributed by atoms with Gasteiger partial charge in [-0.15, -0.1) is 0 Å². The Balaban J connectivity index is 1.45. The van der Waals surface area contributed by atoms with Gasteiger partial charge in [0.2, 0.25) is 0 Å². The van der Waals surface area contributed by atoms with Gasteiger partial charge in [-0.25, -0.2) is 0 Å². The maximum absolute atomic E-state index is 12.2. The molecule has 0 spiro atoms. The van der Waals surface area contributed by atoms with E-state index in [9.17, 15) is 4.79 Å². The number of furan rings is 1. The number of ether oxygens (including phenoxy) is 1. The molecule has 0 unspecified atom stereocenters. The molecule has 0 atom stereocenters. The van der Waals surface area contributed by atoms with Crippen LogP contribution in [0.3, 0.4) is 0 Å². The summed E-state index contributed by atoms with van der Waals surface area (Å²) in [5.41, 5.74) is 7.25. The topological polar surface area (TPSA) is 75.5 Å². The first kappa shape index (κ1) is 20.4. The summed E-state index contributed by atoms with van der Waals surface area (Å²) in [6.45, 7) is 4.51. The second-order valence-corrected chi connectivity index (χ2v) is 7.09. The SMILES string of the molecule is CC(C)c1ccc(NC(=S)NNC(=O)c2ccc(COc3ccccc3)o2)cc1. The van der Waals surface area contributed by atoms with Gasteiger partial charge in [0, 0.05) is 5.69 Å². The molecule has 6 nitrogen and oxygen atoms in total. The number of hydrazine groups is 1. The highest BCUT2D eigenvalue weighted by molar-refractivity contribution is 7.80. The fraction of sp³-hybridized carbons (Fsp3) is 0.182. The lowest BCUT2D eigenvalue weighted by molar-refractivity contribution is 0.0912. The molecular weight excluding hydrogens is 386 g/mol. The van der Waals surface area contributed by atoms with Crippen molar-refractivity contribution in [2.45, 2.75) is 26.4 Å². The van der Waals surface area contributed by atoms with Gasteiger partial charge >= 0.3 is 5.91 Å². The number of hydrogen-bond donors (Lipinski definition) is 3. The third-order valence-electron chi connectivity index (χ3n) is 4.13. The molecule has 7 heteroatoms. The summed E-state index contributed by atoms with van der Waals surface area (Å²) in [7, 11) is 0. The fourth-order valence-electron chi connectivity index (χ4n) is 2.54. The minimum Gasteiger partial charge on any atom is -0.486 e. The summed E-state index contributed by atoms with van der Waals surface area (Å²) >= 11 is 5.20. The molecule has 0 saturated heterocycles. The number of para-hydroxylation sites is 1.